The van der Waals surface area contributed by atoms with Crippen LogP contribution in [-0.2, 0) is 19.3 Å². The van der Waals surface area contributed by atoms with Crippen LogP contribution in [0.1, 0.15) is 51.5 Å². The van der Waals surface area contributed by atoms with Crippen LogP contribution in [0.5, 0.6) is 0 Å². The summed E-state index contributed by atoms with van der Waals surface area (Å²) in [4.78, 5) is 23.3. The number of aryl methyl sites for hydroxylation is 2. The first-order valence-electron chi connectivity index (χ1n) is 11.0. The van der Waals surface area contributed by atoms with Crippen molar-refractivity contribution in [2.75, 3.05) is 5.32 Å². The molecule has 0 atom stereocenters. The molecule has 162 valence electrons. The van der Waals surface area contributed by atoms with Crippen molar-refractivity contribution in [2.24, 2.45) is 0 Å². The van der Waals surface area contributed by atoms with Gasteiger partial charge < -0.3 is 5.32 Å². The van der Waals surface area contributed by atoms with Crippen LogP contribution in [0.25, 0.3) is 10.7 Å². The first-order valence-corrected chi connectivity index (χ1v) is 11.8. The normalized spacial score (nSPS) is 10.8. The van der Waals surface area contributed by atoms with E-state index in [2.05, 4.69) is 55.6 Å². The van der Waals surface area contributed by atoms with Crippen molar-refractivity contribution >= 4 is 29.1 Å². The monoisotopic (exact) mass is 441 g/mol. The molecule has 0 bridgehead atoms. The van der Waals surface area contributed by atoms with Gasteiger partial charge in [-0.25, -0.2) is 9.97 Å². The van der Waals surface area contributed by atoms with Crippen LogP contribution in [0.4, 0.5) is 11.5 Å². The van der Waals surface area contributed by atoms with Gasteiger partial charge >= 0.3 is 0 Å². The van der Waals surface area contributed by atoms with Crippen LogP contribution in [0.2, 0.25) is 0 Å². The van der Waals surface area contributed by atoms with Crippen molar-refractivity contribution in [3.05, 3.63) is 93.5 Å². The van der Waals surface area contributed by atoms with Crippen LogP contribution in [0.15, 0.2) is 60.7 Å². The Labute approximate surface area is 193 Å². The molecule has 2 aromatic heterocycles. The Morgan fingerprint density at radius 2 is 1.78 bits per heavy atom. The molecule has 0 aliphatic heterocycles. The third-order valence-corrected chi connectivity index (χ3v) is 6.61. The maximum Gasteiger partial charge on any atom is 0.171 e. The number of thiophene rings is 1. The van der Waals surface area contributed by atoms with Gasteiger partial charge in [0, 0.05) is 33.8 Å². The lowest BCUT2D eigenvalue weighted by Crippen LogP contribution is -2.07. The molecule has 4 aromatic rings. The zero-order valence-electron chi connectivity index (χ0n) is 18.7. The van der Waals surface area contributed by atoms with Crippen molar-refractivity contribution < 1.29 is 4.79 Å². The summed E-state index contributed by atoms with van der Waals surface area (Å²) in [6.07, 6.45) is 3.47. The maximum absolute atomic E-state index is 11.1. The van der Waals surface area contributed by atoms with E-state index in [9.17, 15) is 4.79 Å². The average molecular weight is 442 g/mol. The molecule has 5 heteroatoms. The highest BCUT2D eigenvalue weighted by Gasteiger charge is 2.16. The van der Waals surface area contributed by atoms with Gasteiger partial charge in [-0.05, 0) is 61.2 Å². The minimum absolute atomic E-state index is 0.672. The average Bonchev–Trinajstić information content (AvgIpc) is 3.28. The lowest BCUT2D eigenvalue weighted by molar-refractivity contribution is 0.112. The van der Waals surface area contributed by atoms with E-state index in [1.807, 2.05) is 31.2 Å². The lowest BCUT2D eigenvalue weighted by Gasteiger charge is -2.16. The molecule has 2 aromatic carbocycles. The topological polar surface area (TPSA) is 54.9 Å². The van der Waals surface area contributed by atoms with E-state index in [4.69, 9.17) is 9.97 Å². The van der Waals surface area contributed by atoms with E-state index in [1.54, 1.807) is 11.3 Å². The number of rotatable bonds is 8. The number of anilines is 2. The van der Waals surface area contributed by atoms with Crippen LogP contribution in [0.3, 0.4) is 0 Å². The van der Waals surface area contributed by atoms with E-state index >= 15 is 0 Å². The maximum atomic E-state index is 11.1. The fourth-order valence-electron chi connectivity index (χ4n) is 3.83. The molecule has 0 aliphatic carbocycles. The smallest absolute Gasteiger partial charge is 0.171 e. The number of benzene rings is 2. The number of nitrogens with zero attached hydrogens (tertiary/aromatic N) is 2. The van der Waals surface area contributed by atoms with E-state index in [0.717, 1.165) is 64.6 Å². The number of hydrogen-bond donors (Lipinski definition) is 1. The standard InChI is InChI=1S/C27H27N3OS/c1-4-22-23(5-2)28-27(25-14-12-21(32-25)16-19-9-7-6-8-10-19)30-26(22)29-24-13-11-20(17-31)15-18(24)3/h6-15,17H,4-5,16H2,1-3H3,(H,28,29,30). The number of carbonyl (C=O) groups excluding carboxylic acids is 1. The van der Waals surface area contributed by atoms with Gasteiger partial charge in [-0.15, -0.1) is 11.3 Å². The van der Waals surface area contributed by atoms with Crippen molar-refractivity contribution in [1.29, 1.82) is 0 Å². The number of aromatic nitrogens is 2. The Morgan fingerprint density at radius 1 is 0.969 bits per heavy atom. The van der Waals surface area contributed by atoms with Crippen LogP contribution in [0, 0.1) is 6.92 Å². The summed E-state index contributed by atoms with van der Waals surface area (Å²) in [5.74, 6) is 1.60. The molecule has 4 rings (SSSR count). The van der Waals surface area contributed by atoms with Crippen molar-refractivity contribution in [3.63, 3.8) is 0 Å². The van der Waals surface area contributed by atoms with Crippen molar-refractivity contribution in [3.8, 4) is 10.7 Å². The van der Waals surface area contributed by atoms with E-state index in [-0.39, 0.29) is 0 Å². The molecule has 0 saturated carbocycles. The van der Waals surface area contributed by atoms with Crippen molar-refractivity contribution in [1.82, 2.24) is 9.97 Å². The summed E-state index contributed by atoms with van der Waals surface area (Å²) in [7, 11) is 0. The van der Waals surface area contributed by atoms with E-state index in [0.29, 0.717) is 5.56 Å². The molecule has 32 heavy (non-hydrogen) atoms. The van der Waals surface area contributed by atoms with Crippen molar-refractivity contribution in [2.45, 2.75) is 40.0 Å². The largest absolute Gasteiger partial charge is 0.340 e. The molecule has 0 spiro atoms. The predicted octanol–water partition coefficient (Wildman–Crippen LogP) is 6.79. The third kappa shape index (κ3) is 4.78. The Hall–Kier alpha value is -3.31. The predicted molar refractivity (Wildman–Crippen MR) is 133 cm³/mol. The van der Waals surface area contributed by atoms with Gasteiger partial charge in [0.2, 0.25) is 0 Å². The molecule has 0 saturated heterocycles. The highest BCUT2D eigenvalue weighted by molar-refractivity contribution is 7.15. The third-order valence-electron chi connectivity index (χ3n) is 5.52. The van der Waals surface area contributed by atoms with Gasteiger partial charge in [-0.3, -0.25) is 4.79 Å². The summed E-state index contributed by atoms with van der Waals surface area (Å²) in [6, 6.07) is 20.4. The molecule has 2 heterocycles. The first-order chi connectivity index (χ1) is 15.6. The summed E-state index contributed by atoms with van der Waals surface area (Å²) in [5, 5.41) is 3.51. The summed E-state index contributed by atoms with van der Waals surface area (Å²) >= 11 is 1.74. The molecule has 0 radical (unpaired) electrons. The second kappa shape index (κ2) is 9.88. The lowest BCUT2D eigenvalue weighted by atomic mass is 10.1. The quantitative estimate of drug-likeness (QED) is 0.306. The molecule has 0 aliphatic rings. The van der Waals surface area contributed by atoms with Crippen LogP contribution >= 0.6 is 11.3 Å². The van der Waals surface area contributed by atoms with Crippen LogP contribution in [-0.4, -0.2) is 16.3 Å². The molecular weight excluding hydrogens is 414 g/mol. The molecule has 1 N–H and O–H groups in total. The number of nitrogens with one attached hydrogen (secondary N) is 1. The fraction of sp³-hybridized carbons (Fsp3) is 0.222. The Kier molecular flexibility index (Phi) is 6.76. The summed E-state index contributed by atoms with van der Waals surface area (Å²) in [5.41, 5.74) is 6.14. The fourth-order valence-corrected chi connectivity index (χ4v) is 4.80. The SMILES string of the molecule is CCc1nc(-c2ccc(Cc3ccccc3)s2)nc(Nc2ccc(C=O)cc2C)c1CC. The first kappa shape index (κ1) is 21.9. The molecular formula is C27H27N3OS. The van der Waals surface area contributed by atoms with Crippen LogP contribution < -0.4 is 5.32 Å². The molecule has 0 fully saturated rings. The van der Waals surface area contributed by atoms with Gasteiger partial charge in [-0.1, -0.05) is 44.2 Å². The summed E-state index contributed by atoms with van der Waals surface area (Å²) < 4.78 is 0. The zero-order chi connectivity index (χ0) is 22.5. The highest BCUT2D eigenvalue weighted by atomic mass is 32.1. The second-order valence-corrected chi connectivity index (χ2v) is 8.94. The molecule has 4 nitrogen and oxygen atoms in total. The minimum Gasteiger partial charge on any atom is -0.340 e. The van der Waals surface area contributed by atoms with E-state index < -0.39 is 0 Å². The highest BCUT2D eigenvalue weighted by Crippen LogP contribution is 2.31. The number of hydrogen-bond acceptors (Lipinski definition) is 5. The zero-order valence-corrected chi connectivity index (χ0v) is 19.5. The van der Waals surface area contributed by atoms with E-state index in [1.165, 1.54) is 10.4 Å². The minimum atomic E-state index is 0.672. The number of aldehydes is 1. The van der Waals surface area contributed by atoms with Gasteiger partial charge in [0.25, 0.3) is 0 Å². The summed E-state index contributed by atoms with van der Waals surface area (Å²) in [6.45, 7) is 6.27. The second-order valence-electron chi connectivity index (χ2n) is 7.77. The molecule has 0 amide bonds. The Bertz CT molecular complexity index is 1230. The van der Waals surface area contributed by atoms with Gasteiger partial charge in [0.1, 0.15) is 12.1 Å². The number of carbonyl (C=O) groups is 1. The molecule has 0 unspecified atom stereocenters. The van der Waals surface area contributed by atoms with Gasteiger partial charge in [0.05, 0.1) is 4.88 Å². The Morgan fingerprint density at radius 3 is 2.47 bits per heavy atom. The van der Waals surface area contributed by atoms with Gasteiger partial charge in [0.15, 0.2) is 5.82 Å². The Balaban J connectivity index is 1.69. The van der Waals surface area contributed by atoms with Gasteiger partial charge in [-0.2, -0.15) is 0 Å².